The topological polar surface area (TPSA) is 59.5 Å². The van der Waals surface area contributed by atoms with E-state index in [-0.39, 0.29) is 27.9 Å². The fraction of sp³-hybridized carbons (Fsp3) is 0.308. The van der Waals surface area contributed by atoms with Gasteiger partial charge in [-0.3, -0.25) is 9.78 Å². The van der Waals surface area contributed by atoms with Crippen molar-refractivity contribution in [3.05, 3.63) is 39.8 Å². The van der Waals surface area contributed by atoms with E-state index >= 15 is 0 Å². The van der Waals surface area contributed by atoms with E-state index < -0.39 is 11.8 Å². The lowest BCUT2D eigenvalue weighted by Crippen LogP contribution is -2.20. The van der Waals surface area contributed by atoms with Gasteiger partial charge in [-0.15, -0.1) is 0 Å². The van der Waals surface area contributed by atoms with Gasteiger partial charge in [-0.05, 0) is 13.0 Å². The van der Waals surface area contributed by atoms with Gasteiger partial charge in [0, 0.05) is 26.5 Å². The predicted octanol–water partition coefficient (Wildman–Crippen LogP) is 2.58. The van der Waals surface area contributed by atoms with Gasteiger partial charge in [-0.2, -0.15) is 0 Å². The lowest BCUT2D eigenvalue weighted by Gasteiger charge is -2.11. The molecular weight excluding hydrogens is 303 g/mol. The van der Waals surface area contributed by atoms with Crippen LogP contribution in [0.1, 0.15) is 17.4 Å². The lowest BCUT2D eigenvalue weighted by molar-refractivity contribution is -0.138. The first-order valence-electron chi connectivity index (χ1n) is 5.78. The maximum atomic E-state index is 12.4. The number of Topliss-reactive ketones (excluding diaryl/α,β-unsaturated/α-hetero) is 1. The largest absolute Gasteiger partial charge is 0.462 e. The monoisotopic (exact) mass is 316 g/mol. The highest BCUT2D eigenvalue weighted by atomic mass is 35.5. The number of rotatable bonds is 5. The number of halogens is 2. The first kappa shape index (κ1) is 16.5. The maximum Gasteiger partial charge on any atom is 0.343 e. The van der Waals surface area contributed by atoms with Crippen LogP contribution in [0.4, 0.5) is 0 Å². The van der Waals surface area contributed by atoms with Crippen LogP contribution in [0.3, 0.4) is 0 Å². The Hall–Kier alpha value is -1.59. The van der Waals surface area contributed by atoms with Gasteiger partial charge in [0.25, 0.3) is 0 Å². The van der Waals surface area contributed by atoms with Crippen molar-refractivity contribution in [3.8, 4) is 0 Å². The van der Waals surface area contributed by atoms with Crippen LogP contribution < -0.4 is 0 Å². The number of carbonyl (C=O) groups excluding carboxylic acids is 2. The lowest BCUT2D eigenvalue weighted by atomic mass is 10.1. The second-order valence-corrected chi connectivity index (χ2v) is 4.80. The van der Waals surface area contributed by atoms with Gasteiger partial charge in [-0.1, -0.05) is 23.2 Å². The van der Waals surface area contributed by atoms with Crippen molar-refractivity contribution in [1.82, 2.24) is 9.88 Å². The molecule has 0 fully saturated rings. The van der Waals surface area contributed by atoms with Crippen molar-refractivity contribution in [2.75, 3.05) is 20.7 Å². The van der Waals surface area contributed by atoms with Crippen molar-refractivity contribution in [3.63, 3.8) is 0 Å². The number of ether oxygens (including phenoxy) is 1. The second-order valence-electron chi connectivity index (χ2n) is 4.01. The van der Waals surface area contributed by atoms with Crippen LogP contribution in [-0.4, -0.2) is 42.3 Å². The summed E-state index contributed by atoms with van der Waals surface area (Å²) in [5.74, 6) is -1.37. The summed E-state index contributed by atoms with van der Waals surface area (Å²) < 4.78 is 4.86. The fourth-order valence-electron chi connectivity index (χ4n) is 1.38. The highest BCUT2D eigenvalue weighted by Crippen LogP contribution is 2.25. The molecule has 1 aromatic heterocycles. The number of esters is 1. The number of hydrogen-bond donors (Lipinski definition) is 0. The van der Waals surface area contributed by atoms with Gasteiger partial charge < -0.3 is 9.64 Å². The van der Waals surface area contributed by atoms with E-state index in [1.54, 1.807) is 25.9 Å². The van der Waals surface area contributed by atoms with Gasteiger partial charge in [0.05, 0.1) is 16.7 Å². The van der Waals surface area contributed by atoms with Crippen LogP contribution in [0.15, 0.2) is 24.0 Å². The van der Waals surface area contributed by atoms with Crippen molar-refractivity contribution >= 4 is 35.0 Å². The molecular formula is C13H14Cl2N2O3. The molecule has 0 aliphatic rings. The first-order chi connectivity index (χ1) is 9.38. The molecule has 0 saturated carbocycles. The van der Waals surface area contributed by atoms with Crippen LogP contribution in [0, 0.1) is 0 Å². The number of nitrogens with zero attached hydrogens (tertiary/aromatic N) is 2. The van der Waals surface area contributed by atoms with Gasteiger partial charge >= 0.3 is 5.97 Å². The van der Waals surface area contributed by atoms with Crippen LogP contribution in [0.25, 0.3) is 0 Å². The summed E-state index contributed by atoms with van der Waals surface area (Å²) in [7, 11) is 3.36. The zero-order valence-corrected chi connectivity index (χ0v) is 12.8. The molecule has 0 radical (unpaired) electrons. The average molecular weight is 317 g/mol. The van der Waals surface area contributed by atoms with Crippen LogP contribution in [0.5, 0.6) is 0 Å². The quantitative estimate of drug-likeness (QED) is 0.275. The van der Waals surface area contributed by atoms with Gasteiger partial charge in [0.15, 0.2) is 0 Å². The van der Waals surface area contributed by atoms with E-state index in [0.717, 1.165) is 0 Å². The van der Waals surface area contributed by atoms with Crippen molar-refractivity contribution < 1.29 is 14.3 Å². The van der Waals surface area contributed by atoms with E-state index in [0.29, 0.717) is 0 Å². The van der Waals surface area contributed by atoms with E-state index in [2.05, 4.69) is 4.98 Å². The number of ketones is 1. The third kappa shape index (κ3) is 3.95. The molecule has 1 aromatic rings. The minimum absolute atomic E-state index is 0.00752. The van der Waals surface area contributed by atoms with Gasteiger partial charge in [0.2, 0.25) is 5.78 Å². The Labute approximate surface area is 127 Å². The number of carbonyl (C=O) groups is 2. The summed E-state index contributed by atoms with van der Waals surface area (Å²) in [6, 6.07) is 1.46. The van der Waals surface area contributed by atoms with Crippen LogP contribution in [0.2, 0.25) is 10.0 Å². The SMILES string of the molecule is CCOC(=O)/C(=C/N(C)C)C(=O)c1nccc(Cl)c1Cl. The molecule has 1 rings (SSSR count). The van der Waals surface area contributed by atoms with Gasteiger partial charge in [0.1, 0.15) is 11.3 Å². The van der Waals surface area contributed by atoms with E-state index in [9.17, 15) is 9.59 Å². The molecule has 0 unspecified atom stereocenters. The van der Waals surface area contributed by atoms with Crippen LogP contribution in [-0.2, 0) is 9.53 Å². The summed E-state index contributed by atoms with van der Waals surface area (Å²) in [4.78, 5) is 29.7. The van der Waals surface area contributed by atoms with Gasteiger partial charge in [-0.25, -0.2) is 4.79 Å². The minimum Gasteiger partial charge on any atom is -0.462 e. The Balaban J connectivity index is 3.24. The molecule has 108 valence electrons. The molecule has 0 aliphatic carbocycles. The predicted molar refractivity (Wildman–Crippen MR) is 77.0 cm³/mol. The Morgan fingerprint density at radius 2 is 2.05 bits per heavy atom. The normalized spacial score (nSPS) is 11.2. The second kappa shape index (κ2) is 7.26. The molecule has 0 aliphatic heterocycles. The molecule has 20 heavy (non-hydrogen) atoms. The summed E-state index contributed by atoms with van der Waals surface area (Å²) in [5.41, 5.74) is -0.242. The first-order valence-corrected chi connectivity index (χ1v) is 6.54. The summed E-state index contributed by atoms with van der Waals surface area (Å²) in [6.45, 7) is 1.81. The van der Waals surface area contributed by atoms with E-state index in [1.165, 1.54) is 18.5 Å². The highest BCUT2D eigenvalue weighted by molar-refractivity contribution is 6.44. The molecule has 5 nitrogen and oxygen atoms in total. The Kier molecular flexibility index (Phi) is 5.98. The zero-order chi connectivity index (χ0) is 15.3. The number of hydrogen-bond acceptors (Lipinski definition) is 5. The number of aromatic nitrogens is 1. The average Bonchev–Trinajstić information content (AvgIpc) is 2.38. The third-order valence-corrected chi connectivity index (χ3v) is 2.98. The number of pyridine rings is 1. The van der Waals surface area contributed by atoms with E-state index in [4.69, 9.17) is 27.9 Å². The molecule has 0 spiro atoms. The zero-order valence-electron chi connectivity index (χ0n) is 11.3. The molecule has 0 atom stereocenters. The van der Waals surface area contributed by atoms with Crippen molar-refractivity contribution in [2.45, 2.75) is 6.92 Å². The summed E-state index contributed by atoms with van der Waals surface area (Å²) in [6.07, 6.45) is 2.71. The Morgan fingerprint density at radius 1 is 1.40 bits per heavy atom. The smallest absolute Gasteiger partial charge is 0.343 e. The van der Waals surface area contributed by atoms with Crippen LogP contribution >= 0.6 is 23.2 Å². The van der Waals surface area contributed by atoms with Crippen molar-refractivity contribution in [2.24, 2.45) is 0 Å². The Bertz CT molecular complexity index is 557. The minimum atomic E-state index is -0.732. The van der Waals surface area contributed by atoms with Crippen molar-refractivity contribution in [1.29, 1.82) is 0 Å². The maximum absolute atomic E-state index is 12.4. The molecule has 0 aromatic carbocycles. The molecule has 0 N–H and O–H groups in total. The third-order valence-electron chi connectivity index (χ3n) is 2.18. The standard InChI is InChI=1S/C13H14Cl2N2O3/c1-4-20-13(19)8(7-17(2)3)12(18)11-10(15)9(14)5-6-16-11/h5-7H,4H2,1-3H3/b8-7+. The molecule has 0 amide bonds. The molecule has 1 heterocycles. The Morgan fingerprint density at radius 3 is 2.60 bits per heavy atom. The van der Waals surface area contributed by atoms with E-state index in [1.807, 2.05) is 0 Å². The summed E-state index contributed by atoms with van der Waals surface area (Å²) in [5, 5.41) is 0.200. The highest BCUT2D eigenvalue weighted by Gasteiger charge is 2.25. The molecule has 0 bridgehead atoms. The molecule has 0 saturated heterocycles. The fourth-order valence-corrected chi connectivity index (χ4v) is 1.72. The summed E-state index contributed by atoms with van der Waals surface area (Å²) >= 11 is 11.8. The molecule has 7 heteroatoms.